The monoisotopic (exact) mass is 456 g/mol. The molecule has 1 N–H and O–H groups in total. The summed E-state index contributed by atoms with van der Waals surface area (Å²) >= 11 is 0. The van der Waals surface area contributed by atoms with E-state index in [0.717, 1.165) is 27.5 Å². The van der Waals surface area contributed by atoms with Gasteiger partial charge in [0.1, 0.15) is 12.4 Å². The summed E-state index contributed by atoms with van der Waals surface area (Å²) in [5, 5.41) is 3.97. The SMILES string of the molecule is Cc1cccc(N(CC(=O)N/N=C\c2cc(C)n(-c3ccccc3F)c2C)S(C)(=O)=O)c1. The van der Waals surface area contributed by atoms with Gasteiger partial charge >= 0.3 is 0 Å². The van der Waals surface area contributed by atoms with Gasteiger partial charge in [-0.05, 0) is 56.7 Å². The lowest BCUT2D eigenvalue weighted by Gasteiger charge is -2.21. The van der Waals surface area contributed by atoms with Crippen molar-refractivity contribution in [1.82, 2.24) is 9.99 Å². The van der Waals surface area contributed by atoms with Gasteiger partial charge in [-0.2, -0.15) is 5.10 Å². The Morgan fingerprint density at radius 1 is 1.12 bits per heavy atom. The van der Waals surface area contributed by atoms with Crippen LogP contribution in [0.25, 0.3) is 5.69 Å². The zero-order valence-electron chi connectivity index (χ0n) is 18.3. The number of benzene rings is 2. The molecule has 0 saturated carbocycles. The summed E-state index contributed by atoms with van der Waals surface area (Å²) in [6, 6.07) is 15.2. The third-order valence-corrected chi connectivity index (χ3v) is 6.07. The lowest BCUT2D eigenvalue weighted by molar-refractivity contribution is -0.119. The van der Waals surface area contributed by atoms with Crippen LogP contribution in [0.5, 0.6) is 0 Å². The molecular formula is C23H25FN4O3S. The Kier molecular flexibility index (Phi) is 6.78. The van der Waals surface area contributed by atoms with Crippen molar-refractivity contribution in [3.05, 3.63) is 82.9 Å². The van der Waals surface area contributed by atoms with E-state index in [4.69, 9.17) is 0 Å². The number of carbonyl (C=O) groups excluding carboxylic acids is 1. The number of amides is 1. The molecule has 0 atom stereocenters. The van der Waals surface area contributed by atoms with Gasteiger partial charge in [0.2, 0.25) is 10.0 Å². The van der Waals surface area contributed by atoms with Gasteiger partial charge in [-0.15, -0.1) is 0 Å². The first-order chi connectivity index (χ1) is 15.1. The molecule has 1 amide bonds. The maximum atomic E-state index is 14.2. The molecule has 0 saturated heterocycles. The second kappa shape index (κ2) is 9.35. The van der Waals surface area contributed by atoms with Crippen LogP contribution in [-0.4, -0.2) is 37.9 Å². The van der Waals surface area contributed by atoms with E-state index < -0.39 is 22.5 Å². The first kappa shape index (κ1) is 23.2. The van der Waals surface area contributed by atoms with Gasteiger partial charge in [0.05, 0.1) is 23.8 Å². The smallest absolute Gasteiger partial charge is 0.260 e. The van der Waals surface area contributed by atoms with Crippen LogP contribution in [0.4, 0.5) is 10.1 Å². The third-order valence-electron chi connectivity index (χ3n) is 4.93. The first-order valence-corrected chi connectivity index (χ1v) is 11.7. The molecule has 32 heavy (non-hydrogen) atoms. The van der Waals surface area contributed by atoms with Gasteiger partial charge in [-0.3, -0.25) is 9.10 Å². The van der Waals surface area contributed by atoms with E-state index in [9.17, 15) is 17.6 Å². The maximum absolute atomic E-state index is 14.2. The number of anilines is 1. The number of para-hydroxylation sites is 1. The summed E-state index contributed by atoms with van der Waals surface area (Å²) in [6.45, 7) is 5.10. The zero-order valence-corrected chi connectivity index (χ0v) is 19.1. The van der Waals surface area contributed by atoms with E-state index in [-0.39, 0.29) is 5.82 Å². The van der Waals surface area contributed by atoms with E-state index in [1.54, 1.807) is 41.0 Å². The second-order valence-corrected chi connectivity index (χ2v) is 9.42. The molecule has 0 radical (unpaired) electrons. The molecule has 1 aromatic heterocycles. The van der Waals surface area contributed by atoms with Crippen LogP contribution in [0.3, 0.4) is 0 Å². The number of hydrazone groups is 1. The molecule has 0 aliphatic heterocycles. The molecule has 2 aromatic carbocycles. The van der Waals surface area contributed by atoms with Crippen LogP contribution in [0.2, 0.25) is 0 Å². The predicted octanol–water partition coefficient (Wildman–Crippen LogP) is 3.46. The van der Waals surface area contributed by atoms with Crippen molar-refractivity contribution in [1.29, 1.82) is 0 Å². The predicted molar refractivity (Wildman–Crippen MR) is 124 cm³/mol. The highest BCUT2D eigenvalue weighted by molar-refractivity contribution is 7.92. The molecule has 7 nitrogen and oxygen atoms in total. The number of sulfonamides is 1. The van der Waals surface area contributed by atoms with E-state index in [1.165, 1.54) is 12.3 Å². The number of halogens is 1. The summed E-state index contributed by atoms with van der Waals surface area (Å²) in [5.74, 6) is -0.931. The van der Waals surface area contributed by atoms with Crippen molar-refractivity contribution in [3.63, 3.8) is 0 Å². The van der Waals surface area contributed by atoms with Crippen molar-refractivity contribution in [2.24, 2.45) is 5.10 Å². The van der Waals surface area contributed by atoms with Crippen LogP contribution >= 0.6 is 0 Å². The number of aryl methyl sites for hydroxylation is 2. The van der Waals surface area contributed by atoms with E-state index in [0.29, 0.717) is 16.9 Å². The number of hydrogen-bond acceptors (Lipinski definition) is 4. The normalized spacial score (nSPS) is 11.7. The van der Waals surface area contributed by atoms with Gasteiger partial charge < -0.3 is 4.57 Å². The number of nitrogens with zero attached hydrogens (tertiary/aromatic N) is 3. The molecule has 0 aliphatic carbocycles. The molecule has 0 bridgehead atoms. The van der Waals surface area contributed by atoms with Crippen molar-refractivity contribution < 1.29 is 17.6 Å². The summed E-state index contributed by atoms with van der Waals surface area (Å²) in [4.78, 5) is 12.4. The Morgan fingerprint density at radius 2 is 1.84 bits per heavy atom. The van der Waals surface area contributed by atoms with Crippen molar-refractivity contribution in [2.75, 3.05) is 17.1 Å². The highest BCUT2D eigenvalue weighted by atomic mass is 32.2. The summed E-state index contributed by atoms with van der Waals surface area (Å²) in [5.41, 5.74) is 6.33. The largest absolute Gasteiger partial charge is 0.315 e. The third kappa shape index (κ3) is 5.23. The summed E-state index contributed by atoms with van der Waals surface area (Å²) in [7, 11) is -3.67. The first-order valence-electron chi connectivity index (χ1n) is 9.88. The van der Waals surface area contributed by atoms with E-state index >= 15 is 0 Å². The Morgan fingerprint density at radius 3 is 2.50 bits per heavy atom. The van der Waals surface area contributed by atoms with E-state index in [2.05, 4.69) is 10.5 Å². The number of carbonyl (C=O) groups is 1. The molecule has 3 aromatic rings. The minimum Gasteiger partial charge on any atom is -0.315 e. The summed E-state index contributed by atoms with van der Waals surface area (Å²) in [6.07, 6.45) is 2.50. The molecule has 0 aliphatic rings. The zero-order chi connectivity index (χ0) is 23.5. The van der Waals surface area contributed by atoms with Crippen LogP contribution in [0, 0.1) is 26.6 Å². The fourth-order valence-electron chi connectivity index (χ4n) is 3.44. The van der Waals surface area contributed by atoms with Gasteiger partial charge in [-0.1, -0.05) is 24.3 Å². The Balaban J connectivity index is 1.75. The second-order valence-electron chi connectivity index (χ2n) is 7.52. The van der Waals surface area contributed by atoms with Crippen molar-refractivity contribution in [2.45, 2.75) is 20.8 Å². The maximum Gasteiger partial charge on any atom is 0.260 e. The molecule has 3 rings (SSSR count). The molecule has 0 unspecified atom stereocenters. The molecule has 9 heteroatoms. The average molecular weight is 457 g/mol. The van der Waals surface area contributed by atoms with Crippen molar-refractivity contribution >= 4 is 27.8 Å². The standard InChI is InChI=1S/C23H25FN4O3S/c1-16-8-7-9-20(12-16)27(32(4,30)31)15-23(29)26-25-14-19-13-17(2)28(18(19)3)22-11-6-5-10-21(22)24/h5-14H,15H2,1-4H3,(H,26,29)/b25-14-. The van der Waals surface area contributed by atoms with Crippen LogP contribution < -0.4 is 9.73 Å². The molecular weight excluding hydrogens is 431 g/mol. The lowest BCUT2D eigenvalue weighted by Crippen LogP contribution is -2.39. The quantitative estimate of drug-likeness (QED) is 0.437. The number of hydrogen-bond donors (Lipinski definition) is 1. The lowest BCUT2D eigenvalue weighted by atomic mass is 10.2. The Labute approximate surface area is 187 Å². The topological polar surface area (TPSA) is 83.8 Å². The van der Waals surface area contributed by atoms with Crippen LogP contribution in [0.1, 0.15) is 22.5 Å². The van der Waals surface area contributed by atoms with E-state index in [1.807, 2.05) is 32.9 Å². The molecule has 0 spiro atoms. The van der Waals surface area contributed by atoms with Gasteiger partial charge in [-0.25, -0.2) is 18.2 Å². The highest BCUT2D eigenvalue weighted by Gasteiger charge is 2.21. The van der Waals surface area contributed by atoms with Crippen LogP contribution in [-0.2, 0) is 14.8 Å². The minimum atomic E-state index is -3.67. The van der Waals surface area contributed by atoms with Crippen molar-refractivity contribution in [3.8, 4) is 5.69 Å². The van der Waals surface area contributed by atoms with Gasteiger partial charge in [0.15, 0.2) is 0 Å². The average Bonchev–Trinajstić information content (AvgIpc) is 2.99. The Hall–Kier alpha value is -3.46. The molecule has 1 heterocycles. The fourth-order valence-corrected chi connectivity index (χ4v) is 4.29. The minimum absolute atomic E-state index is 0.344. The Bertz CT molecular complexity index is 1280. The van der Waals surface area contributed by atoms with Crippen LogP contribution in [0.15, 0.2) is 59.7 Å². The number of nitrogens with one attached hydrogen (secondary N) is 1. The highest BCUT2D eigenvalue weighted by Crippen LogP contribution is 2.22. The molecule has 0 fully saturated rings. The fraction of sp³-hybridized carbons (Fsp3) is 0.217. The molecule has 168 valence electrons. The number of rotatable bonds is 7. The summed E-state index contributed by atoms with van der Waals surface area (Å²) < 4.78 is 41.4. The van der Waals surface area contributed by atoms with Gasteiger partial charge in [0, 0.05) is 17.0 Å². The van der Waals surface area contributed by atoms with Gasteiger partial charge in [0.25, 0.3) is 5.91 Å². The number of aromatic nitrogens is 1.